The fourth-order valence-corrected chi connectivity index (χ4v) is 4.10. The molecule has 1 unspecified atom stereocenters. The molecule has 2 aliphatic rings. The summed E-state index contributed by atoms with van der Waals surface area (Å²) in [5.74, 6) is 1.49. The van der Waals surface area contributed by atoms with Gasteiger partial charge < -0.3 is 20.2 Å². The summed E-state index contributed by atoms with van der Waals surface area (Å²) >= 11 is 0. The van der Waals surface area contributed by atoms with E-state index in [0.29, 0.717) is 17.5 Å². The number of hydrogen-bond donors (Lipinski definition) is 2. The van der Waals surface area contributed by atoms with Gasteiger partial charge in [-0.3, -0.25) is 4.79 Å². The van der Waals surface area contributed by atoms with Crippen LogP contribution in [-0.4, -0.2) is 30.3 Å². The highest BCUT2D eigenvalue weighted by atomic mass is 16.5. The van der Waals surface area contributed by atoms with Gasteiger partial charge in [0.15, 0.2) is 6.61 Å². The Morgan fingerprint density at radius 2 is 1.94 bits per heavy atom. The number of hydrogen-bond acceptors (Lipinski definition) is 5. The molecule has 2 aromatic rings. The Balaban J connectivity index is 0.00000132. The average molecular weight is 424 g/mol. The van der Waals surface area contributed by atoms with E-state index in [4.69, 9.17) is 14.9 Å². The van der Waals surface area contributed by atoms with Gasteiger partial charge in [-0.15, -0.1) is 0 Å². The van der Waals surface area contributed by atoms with Crippen molar-refractivity contribution in [3.63, 3.8) is 0 Å². The summed E-state index contributed by atoms with van der Waals surface area (Å²) < 4.78 is 10.9. The maximum atomic E-state index is 12.4. The zero-order chi connectivity index (χ0) is 22.5. The molecule has 166 valence electrons. The van der Waals surface area contributed by atoms with Crippen molar-refractivity contribution in [2.75, 3.05) is 13.7 Å². The second-order valence-corrected chi connectivity index (χ2v) is 7.94. The molecule has 0 aliphatic heterocycles. The Hall–Kier alpha value is -2.89. The van der Waals surface area contributed by atoms with Crippen LogP contribution in [-0.2, 0) is 11.2 Å². The number of carbonyl (C=O) groups excluding carboxylic acids is 1. The van der Waals surface area contributed by atoms with Gasteiger partial charge in [-0.2, -0.15) is 0 Å². The molecule has 1 heterocycles. The molecule has 1 aromatic heterocycles. The number of nitrogens with zero attached hydrogens (tertiary/aromatic N) is 1. The minimum atomic E-state index is -0.162. The number of amides is 1. The largest absolute Gasteiger partial charge is 0.497 e. The molecule has 2 aliphatic carbocycles. The average Bonchev–Trinajstić information content (AvgIpc) is 3.55. The lowest BCUT2D eigenvalue weighted by atomic mass is 10.00. The molecule has 1 atom stereocenters. The number of carbonyl (C=O) groups is 1. The molecule has 0 radical (unpaired) electrons. The molecule has 0 saturated heterocycles. The van der Waals surface area contributed by atoms with E-state index in [2.05, 4.69) is 10.3 Å². The van der Waals surface area contributed by atoms with E-state index in [-0.39, 0.29) is 18.6 Å². The van der Waals surface area contributed by atoms with E-state index in [0.717, 1.165) is 53.8 Å². The summed E-state index contributed by atoms with van der Waals surface area (Å²) in [5, 5.41) is 11.4. The molecule has 6 nitrogen and oxygen atoms in total. The number of benzene rings is 1. The third-order valence-electron chi connectivity index (χ3n) is 5.74. The smallest absolute Gasteiger partial charge is 0.258 e. The van der Waals surface area contributed by atoms with Gasteiger partial charge in [0.05, 0.1) is 18.8 Å². The minimum Gasteiger partial charge on any atom is -0.497 e. The summed E-state index contributed by atoms with van der Waals surface area (Å²) in [5.41, 5.74) is 5.72. The number of nitrogens with one attached hydrogen (secondary N) is 2. The Bertz CT molecular complexity index is 943. The number of aromatic nitrogens is 1. The second kappa shape index (κ2) is 9.94. The highest BCUT2D eigenvalue weighted by Crippen LogP contribution is 2.35. The van der Waals surface area contributed by atoms with Gasteiger partial charge in [-0.05, 0) is 68.4 Å². The van der Waals surface area contributed by atoms with Crippen LogP contribution in [0.1, 0.15) is 67.1 Å². The first kappa shape index (κ1) is 22.8. The number of aryl methyl sites for hydroxylation is 3. The topological polar surface area (TPSA) is 84.3 Å². The maximum absolute atomic E-state index is 12.4. The van der Waals surface area contributed by atoms with Crippen LogP contribution in [0.2, 0.25) is 0 Å². The van der Waals surface area contributed by atoms with Crippen molar-refractivity contribution in [3.8, 4) is 11.6 Å². The van der Waals surface area contributed by atoms with Crippen molar-refractivity contribution < 1.29 is 14.3 Å². The molecule has 1 fully saturated rings. The maximum Gasteiger partial charge on any atom is 0.258 e. The summed E-state index contributed by atoms with van der Waals surface area (Å²) in [6, 6.07) is 7.81. The van der Waals surface area contributed by atoms with E-state index in [1.54, 1.807) is 7.11 Å². The predicted molar refractivity (Wildman–Crippen MR) is 122 cm³/mol. The highest BCUT2D eigenvalue weighted by Gasteiger charge is 2.29. The first-order chi connectivity index (χ1) is 15.0. The normalized spacial score (nSPS) is 16.6. The molecule has 0 spiro atoms. The number of fused-ring (bicyclic) bond motifs is 1. The molecule has 6 heteroatoms. The van der Waals surface area contributed by atoms with Crippen LogP contribution in [0.15, 0.2) is 24.3 Å². The number of methoxy groups -OCH3 is 1. The molecule has 1 aromatic carbocycles. The molecule has 4 rings (SSSR count). The van der Waals surface area contributed by atoms with E-state index < -0.39 is 0 Å². The fraction of sp³-hybridized carbons (Fsp3) is 0.480. The molecule has 31 heavy (non-hydrogen) atoms. The SMILES string of the molecule is CC.COc1ccc2c(c1)CCC2NC(=O)COc1cc(C)c(C(=N)C2CC2)c(C)n1. The van der Waals surface area contributed by atoms with Crippen molar-refractivity contribution >= 4 is 11.6 Å². The molecule has 2 N–H and O–H groups in total. The lowest BCUT2D eigenvalue weighted by Gasteiger charge is -2.16. The van der Waals surface area contributed by atoms with Crippen molar-refractivity contribution in [1.82, 2.24) is 10.3 Å². The monoisotopic (exact) mass is 423 g/mol. The molecular formula is C25H33N3O3. The predicted octanol–water partition coefficient (Wildman–Crippen LogP) is 4.69. The van der Waals surface area contributed by atoms with Crippen LogP contribution in [0.25, 0.3) is 0 Å². The summed E-state index contributed by atoms with van der Waals surface area (Å²) in [7, 11) is 1.66. The first-order valence-electron chi connectivity index (χ1n) is 11.1. The minimum absolute atomic E-state index is 0.00447. The molecule has 1 saturated carbocycles. The summed E-state index contributed by atoms with van der Waals surface area (Å²) in [6.45, 7) is 7.79. The van der Waals surface area contributed by atoms with E-state index in [9.17, 15) is 4.79 Å². The summed E-state index contributed by atoms with van der Waals surface area (Å²) in [4.78, 5) is 16.9. The third-order valence-corrected chi connectivity index (χ3v) is 5.74. The van der Waals surface area contributed by atoms with E-state index >= 15 is 0 Å². The van der Waals surface area contributed by atoms with Crippen LogP contribution in [0.3, 0.4) is 0 Å². The van der Waals surface area contributed by atoms with Gasteiger partial charge in [0.1, 0.15) is 5.75 Å². The highest BCUT2D eigenvalue weighted by molar-refractivity contribution is 6.03. The summed E-state index contributed by atoms with van der Waals surface area (Å²) in [6.07, 6.45) is 3.98. The first-order valence-corrected chi connectivity index (χ1v) is 11.1. The van der Waals surface area contributed by atoms with Gasteiger partial charge in [0.2, 0.25) is 5.88 Å². The van der Waals surface area contributed by atoms with Crippen LogP contribution in [0, 0.1) is 25.2 Å². The van der Waals surface area contributed by atoms with Crippen molar-refractivity contribution in [2.45, 2.75) is 59.4 Å². The van der Waals surface area contributed by atoms with Crippen LogP contribution in [0.5, 0.6) is 11.6 Å². The Labute approximate surface area is 184 Å². The van der Waals surface area contributed by atoms with E-state index in [1.807, 2.05) is 52.0 Å². The van der Waals surface area contributed by atoms with Crippen molar-refractivity contribution in [2.24, 2.45) is 5.92 Å². The van der Waals surface area contributed by atoms with Gasteiger partial charge >= 0.3 is 0 Å². The zero-order valence-electron chi connectivity index (χ0n) is 19.2. The van der Waals surface area contributed by atoms with Gasteiger partial charge in [0.25, 0.3) is 5.91 Å². The Morgan fingerprint density at radius 1 is 1.19 bits per heavy atom. The Morgan fingerprint density at radius 3 is 2.58 bits per heavy atom. The standard InChI is InChI=1S/C23H27N3O3.C2H6/c1-13-10-21(25-14(2)22(13)23(24)15-4-5-15)29-12-20(27)26-19-9-6-16-11-17(28-3)7-8-18(16)19;1-2/h7-8,10-11,15,19,24H,4-6,9,12H2,1-3H3,(H,26,27);1-2H3. The lowest BCUT2D eigenvalue weighted by Crippen LogP contribution is -2.31. The van der Waals surface area contributed by atoms with Gasteiger partial charge in [-0.1, -0.05) is 19.9 Å². The number of rotatable bonds is 7. The quantitative estimate of drug-likeness (QED) is 0.633. The number of pyridine rings is 1. The van der Waals surface area contributed by atoms with Crippen molar-refractivity contribution in [3.05, 3.63) is 52.2 Å². The zero-order valence-corrected chi connectivity index (χ0v) is 19.2. The van der Waals surface area contributed by atoms with Crippen molar-refractivity contribution in [1.29, 1.82) is 5.41 Å². The van der Waals surface area contributed by atoms with Gasteiger partial charge in [0, 0.05) is 23.3 Å². The lowest BCUT2D eigenvalue weighted by molar-refractivity contribution is -0.123. The Kier molecular flexibility index (Phi) is 7.31. The molecule has 0 bridgehead atoms. The second-order valence-electron chi connectivity index (χ2n) is 7.94. The third kappa shape index (κ3) is 5.24. The van der Waals surface area contributed by atoms with Gasteiger partial charge in [-0.25, -0.2) is 4.98 Å². The molecular weight excluding hydrogens is 390 g/mol. The van der Waals surface area contributed by atoms with E-state index in [1.165, 1.54) is 5.56 Å². The van der Waals surface area contributed by atoms with Crippen LogP contribution < -0.4 is 14.8 Å². The fourth-order valence-electron chi connectivity index (χ4n) is 4.10. The van der Waals surface area contributed by atoms with Crippen LogP contribution in [0.4, 0.5) is 0 Å². The van der Waals surface area contributed by atoms with Crippen LogP contribution >= 0.6 is 0 Å². The number of ether oxygens (including phenoxy) is 2. The molecule has 1 amide bonds.